The van der Waals surface area contributed by atoms with Crippen LogP contribution < -0.4 is 5.32 Å². The number of hydrogen-bond donors (Lipinski definition) is 1. The highest BCUT2D eigenvalue weighted by Crippen LogP contribution is 2.20. The minimum Gasteiger partial charge on any atom is -0.350 e. The molecular weight excluding hydrogens is 322 g/mol. The molecule has 0 unspecified atom stereocenters. The van der Waals surface area contributed by atoms with Crippen LogP contribution in [0.2, 0.25) is 0 Å². The van der Waals surface area contributed by atoms with Crippen molar-refractivity contribution in [2.45, 2.75) is 6.04 Å². The molecule has 0 saturated carbocycles. The maximum Gasteiger partial charge on any atom is 0.251 e. The van der Waals surface area contributed by atoms with Crippen molar-refractivity contribution in [2.24, 2.45) is 0 Å². The third-order valence-corrected chi connectivity index (χ3v) is 4.52. The van der Waals surface area contributed by atoms with Gasteiger partial charge in [0, 0.05) is 12.1 Å². The van der Waals surface area contributed by atoms with Crippen LogP contribution in [0, 0.1) is 0 Å². The lowest BCUT2D eigenvalue weighted by Crippen LogP contribution is -2.34. The molecule has 3 rings (SSSR count). The van der Waals surface area contributed by atoms with Crippen molar-refractivity contribution >= 4 is 17.2 Å². The van der Waals surface area contributed by atoms with Gasteiger partial charge in [0.15, 0.2) is 0 Å². The average molecular weight is 341 g/mol. The second kappa shape index (κ2) is 7.37. The number of nitrogens with zero attached hydrogens (tertiary/aromatic N) is 4. The maximum atomic E-state index is 12.4. The first-order chi connectivity index (χ1) is 11.6. The van der Waals surface area contributed by atoms with Crippen LogP contribution in [0.4, 0.5) is 0 Å². The molecule has 0 aliphatic rings. The zero-order valence-corrected chi connectivity index (χ0v) is 14.4. The van der Waals surface area contributed by atoms with E-state index >= 15 is 0 Å². The molecule has 2 aromatic heterocycles. The third-order valence-electron chi connectivity index (χ3n) is 3.82. The lowest BCUT2D eigenvalue weighted by Gasteiger charge is -2.24. The Balaban J connectivity index is 1.64. The van der Waals surface area contributed by atoms with E-state index in [-0.39, 0.29) is 11.9 Å². The Morgan fingerprint density at radius 3 is 2.67 bits per heavy atom. The number of aromatic nitrogens is 3. The molecule has 0 aliphatic heterocycles. The second-order valence-electron chi connectivity index (χ2n) is 5.63. The minimum atomic E-state index is -0.0813. The number of rotatable bonds is 6. The Kier molecular flexibility index (Phi) is 5.02. The molecule has 0 aliphatic carbocycles. The number of hydrogen-bond acceptors (Lipinski definition) is 5. The van der Waals surface area contributed by atoms with E-state index in [9.17, 15) is 4.79 Å². The molecule has 6 nitrogen and oxygen atoms in total. The first-order valence-corrected chi connectivity index (χ1v) is 8.51. The predicted octanol–water partition coefficient (Wildman–Crippen LogP) is 2.36. The Hall–Kier alpha value is -2.51. The van der Waals surface area contributed by atoms with Crippen LogP contribution in [0.15, 0.2) is 53.7 Å². The summed E-state index contributed by atoms with van der Waals surface area (Å²) in [5.41, 5.74) is 2.71. The van der Waals surface area contributed by atoms with Crippen LogP contribution in [-0.2, 0) is 0 Å². The topological polar surface area (TPSA) is 63.1 Å². The normalized spacial score (nSPS) is 12.3. The van der Waals surface area contributed by atoms with E-state index < -0.39 is 0 Å². The first kappa shape index (κ1) is 16.4. The summed E-state index contributed by atoms with van der Waals surface area (Å²) in [6.07, 6.45) is 3.10. The van der Waals surface area contributed by atoms with Crippen LogP contribution in [0.1, 0.15) is 22.0 Å². The van der Waals surface area contributed by atoms with Crippen LogP contribution >= 0.6 is 11.3 Å². The van der Waals surface area contributed by atoms with Gasteiger partial charge in [-0.3, -0.25) is 4.79 Å². The molecule has 1 amide bonds. The van der Waals surface area contributed by atoms with Gasteiger partial charge in [-0.25, -0.2) is 9.67 Å². The standard InChI is InChI=1S/C17H19N5OS/c1-21(2)16(14-7-8-24-10-14)9-19-17(23)13-3-5-15(6-4-13)22-12-18-11-20-22/h3-8,10-12,16H,9H2,1-2H3,(H,19,23)/t16-/m0/s1. The van der Waals surface area contributed by atoms with Gasteiger partial charge in [0.05, 0.1) is 11.7 Å². The number of nitrogens with one attached hydrogen (secondary N) is 1. The summed E-state index contributed by atoms with van der Waals surface area (Å²) in [6.45, 7) is 0.563. The molecule has 0 bridgehead atoms. The summed E-state index contributed by atoms with van der Waals surface area (Å²) in [7, 11) is 4.03. The van der Waals surface area contributed by atoms with Gasteiger partial charge in [-0.1, -0.05) is 0 Å². The number of benzene rings is 1. The van der Waals surface area contributed by atoms with Crippen molar-refractivity contribution in [3.8, 4) is 5.69 Å². The fraction of sp³-hybridized carbons (Fsp3) is 0.235. The van der Waals surface area contributed by atoms with Crippen LogP contribution in [-0.4, -0.2) is 46.2 Å². The SMILES string of the molecule is CN(C)[C@@H](CNC(=O)c1ccc(-n2cncn2)cc1)c1ccsc1. The van der Waals surface area contributed by atoms with E-state index in [0.29, 0.717) is 12.1 Å². The van der Waals surface area contributed by atoms with E-state index in [1.165, 1.54) is 11.9 Å². The Morgan fingerprint density at radius 1 is 1.29 bits per heavy atom. The summed E-state index contributed by atoms with van der Waals surface area (Å²) >= 11 is 1.66. The fourth-order valence-electron chi connectivity index (χ4n) is 2.46. The molecular formula is C17H19N5OS. The third kappa shape index (κ3) is 3.69. The van der Waals surface area contributed by atoms with Gasteiger partial charge in [0.25, 0.3) is 5.91 Å². The van der Waals surface area contributed by atoms with E-state index in [1.807, 2.05) is 26.2 Å². The van der Waals surface area contributed by atoms with E-state index in [2.05, 4.69) is 37.1 Å². The van der Waals surface area contributed by atoms with Crippen molar-refractivity contribution < 1.29 is 4.79 Å². The number of likely N-dealkylation sites (N-methyl/N-ethyl adjacent to an activating group) is 1. The lowest BCUT2D eigenvalue weighted by atomic mass is 10.1. The zero-order chi connectivity index (χ0) is 16.9. The van der Waals surface area contributed by atoms with Gasteiger partial charge >= 0.3 is 0 Å². The molecule has 0 saturated heterocycles. The second-order valence-corrected chi connectivity index (χ2v) is 6.41. The number of thiophene rings is 1. The fourth-order valence-corrected chi connectivity index (χ4v) is 3.17. The monoisotopic (exact) mass is 341 g/mol. The van der Waals surface area contributed by atoms with E-state index in [1.54, 1.807) is 34.5 Å². The zero-order valence-electron chi connectivity index (χ0n) is 13.6. The quantitative estimate of drug-likeness (QED) is 0.748. The van der Waals surface area contributed by atoms with Gasteiger partial charge < -0.3 is 10.2 Å². The highest BCUT2D eigenvalue weighted by molar-refractivity contribution is 7.07. The molecule has 0 spiro atoms. The van der Waals surface area contributed by atoms with Gasteiger partial charge in [-0.2, -0.15) is 16.4 Å². The van der Waals surface area contributed by atoms with Crippen molar-refractivity contribution in [1.82, 2.24) is 25.0 Å². The van der Waals surface area contributed by atoms with Crippen LogP contribution in [0.5, 0.6) is 0 Å². The number of carbonyl (C=O) groups is 1. The van der Waals surface area contributed by atoms with Gasteiger partial charge in [-0.15, -0.1) is 0 Å². The Labute approximate surface area is 144 Å². The summed E-state index contributed by atoms with van der Waals surface area (Å²) in [6, 6.07) is 9.55. The van der Waals surface area contributed by atoms with Crippen molar-refractivity contribution in [3.05, 3.63) is 64.9 Å². The maximum absolute atomic E-state index is 12.4. The van der Waals surface area contributed by atoms with Crippen molar-refractivity contribution in [1.29, 1.82) is 0 Å². The molecule has 1 aromatic carbocycles. The predicted molar refractivity (Wildman–Crippen MR) is 94.4 cm³/mol. The highest BCUT2D eigenvalue weighted by atomic mass is 32.1. The molecule has 24 heavy (non-hydrogen) atoms. The minimum absolute atomic E-state index is 0.0813. The summed E-state index contributed by atoms with van der Waals surface area (Å²) in [5, 5.41) is 11.2. The van der Waals surface area contributed by atoms with Crippen molar-refractivity contribution in [3.63, 3.8) is 0 Å². The van der Waals surface area contributed by atoms with E-state index in [4.69, 9.17) is 0 Å². The van der Waals surface area contributed by atoms with Crippen LogP contribution in [0.3, 0.4) is 0 Å². The molecule has 1 atom stereocenters. The molecule has 0 radical (unpaired) electrons. The summed E-state index contributed by atoms with van der Waals surface area (Å²) < 4.78 is 1.65. The molecule has 2 heterocycles. The Morgan fingerprint density at radius 2 is 2.08 bits per heavy atom. The molecule has 1 N–H and O–H groups in total. The van der Waals surface area contributed by atoms with E-state index in [0.717, 1.165) is 5.69 Å². The summed E-state index contributed by atoms with van der Waals surface area (Å²) in [4.78, 5) is 18.4. The van der Waals surface area contributed by atoms with Crippen molar-refractivity contribution in [2.75, 3.05) is 20.6 Å². The van der Waals surface area contributed by atoms with Crippen LogP contribution in [0.25, 0.3) is 5.69 Å². The molecule has 124 valence electrons. The average Bonchev–Trinajstić information content (AvgIpc) is 3.28. The molecule has 3 aromatic rings. The summed E-state index contributed by atoms with van der Waals surface area (Å²) in [5.74, 6) is -0.0813. The largest absolute Gasteiger partial charge is 0.350 e. The Bertz CT molecular complexity index is 766. The van der Waals surface area contributed by atoms with Gasteiger partial charge in [0.2, 0.25) is 0 Å². The molecule has 7 heteroatoms. The number of carbonyl (C=O) groups excluding carboxylic acids is 1. The first-order valence-electron chi connectivity index (χ1n) is 7.57. The van der Waals surface area contributed by atoms with Gasteiger partial charge in [0.1, 0.15) is 12.7 Å². The highest BCUT2D eigenvalue weighted by Gasteiger charge is 2.16. The lowest BCUT2D eigenvalue weighted by molar-refractivity contribution is 0.0942. The van der Waals surface area contributed by atoms with Gasteiger partial charge in [-0.05, 0) is 60.8 Å². The molecule has 0 fully saturated rings. The number of amides is 1. The smallest absolute Gasteiger partial charge is 0.251 e.